The Morgan fingerprint density at radius 2 is 2.36 bits per heavy atom. The first-order valence-electron chi connectivity index (χ1n) is 4.11. The molecule has 72 valence electrons. The Kier molecular flexibility index (Phi) is 1.85. The van der Waals surface area contributed by atoms with Gasteiger partial charge < -0.3 is 10.8 Å². The van der Waals surface area contributed by atoms with Crippen LogP contribution in [0.2, 0.25) is 0 Å². The standard InChI is InChI=1S/C9H9N3O2/c10-7-2-1-3-8-11-6(4-9(13)14)5-12(7)8/h1-3,5H,4,10H2,(H,13,14). The van der Waals surface area contributed by atoms with Gasteiger partial charge in [-0.05, 0) is 12.1 Å². The number of anilines is 1. The van der Waals surface area contributed by atoms with E-state index >= 15 is 0 Å². The predicted octanol–water partition coefficient (Wildman–Crippen LogP) is 0.544. The molecule has 0 atom stereocenters. The van der Waals surface area contributed by atoms with Crippen molar-refractivity contribution < 1.29 is 9.90 Å². The summed E-state index contributed by atoms with van der Waals surface area (Å²) in [6.07, 6.45) is 1.56. The molecule has 0 aliphatic carbocycles. The maximum Gasteiger partial charge on any atom is 0.309 e. The molecule has 0 bridgehead atoms. The molecule has 0 spiro atoms. The summed E-state index contributed by atoms with van der Waals surface area (Å²) in [5.74, 6) is -0.349. The number of nitrogen functional groups attached to an aromatic ring is 1. The number of carbonyl (C=O) groups is 1. The molecule has 5 nitrogen and oxygen atoms in total. The van der Waals surface area contributed by atoms with Crippen LogP contribution in [0.1, 0.15) is 5.69 Å². The van der Waals surface area contributed by atoms with E-state index in [1.165, 1.54) is 0 Å². The lowest BCUT2D eigenvalue weighted by Gasteiger charge is -1.95. The Labute approximate surface area is 79.8 Å². The third kappa shape index (κ3) is 1.39. The zero-order chi connectivity index (χ0) is 10.1. The second kappa shape index (κ2) is 3.02. The van der Waals surface area contributed by atoms with Gasteiger partial charge in [-0.25, -0.2) is 4.98 Å². The van der Waals surface area contributed by atoms with Gasteiger partial charge in [-0.1, -0.05) is 6.07 Å². The van der Waals surface area contributed by atoms with Gasteiger partial charge in [-0.15, -0.1) is 0 Å². The van der Waals surface area contributed by atoms with Gasteiger partial charge in [-0.3, -0.25) is 9.20 Å². The highest BCUT2D eigenvalue weighted by Crippen LogP contribution is 2.10. The minimum absolute atomic E-state index is 0.0822. The van der Waals surface area contributed by atoms with E-state index in [1.807, 2.05) is 0 Å². The Morgan fingerprint density at radius 1 is 1.57 bits per heavy atom. The van der Waals surface area contributed by atoms with Crippen LogP contribution in [0.25, 0.3) is 5.65 Å². The van der Waals surface area contributed by atoms with E-state index in [4.69, 9.17) is 10.8 Å². The zero-order valence-corrected chi connectivity index (χ0v) is 7.34. The van der Waals surface area contributed by atoms with Gasteiger partial charge in [0.25, 0.3) is 0 Å². The monoisotopic (exact) mass is 191 g/mol. The first-order chi connectivity index (χ1) is 6.66. The number of nitrogens with two attached hydrogens (primary N) is 1. The number of nitrogens with zero attached hydrogens (tertiary/aromatic N) is 2. The van der Waals surface area contributed by atoms with Gasteiger partial charge in [0.1, 0.15) is 11.5 Å². The molecule has 0 unspecified atom stereocenters. The lowest BCUT2D eigenvalue weighted by molar-refractivity contribution is -0.136. The summed E-state index contributed by atoms with van der Waals surface area (Å²) < 4.78 is 1.66. The fourth-order valence-electron chi connectivity index (χ4n) is 1.32. The Bertz CT molecular complexity index is 490. The average molecular weight is 191 g/mol. The lowest BCUT2D eigenvalue weighted by Crippen LogP contribution is -1.99. The quantitative estimate of drug-likeness (QED) is 0.726. The summed E-state index contributed by atoms with van der Waals surface area (Å²) in [5.41, 5.74) is 6.85. The van der Waals surface area contributed by atoms with E-state index in [1.54, 1.807) is 28.8 Å². The molecule has 2 aromatic heterocycles. The second-order valence-electron chi connectivity index (χ2n) is 2.98. The van der Waals surface area contributed by atoms with Crippen molar-refractivity contribution in [1.82, 2.24) is 9.38 Å². The Morgan fingerprint density at radius 3 is 3.00 bits per heavy atom. The number of hydrogen-bond acceptors (Lipinski definition) is 3. The highest BCUT2D eigenvalue weighted by atomic mass is 16.4. The second-order valence-corrected chi connectivity index (χ2v) is 2.98. The van der Waals surface area contributed by atoms with E-state index < -0.39 is 5.97 Å². The first kappa shape index (κ1) is 8.55. The third-order valence-corrected chi connectivity index (χ3v) is 1.91. The van der Waals surface area contributed by atoms with E-state index in [9.17, 15) is 4.79 Å². The SMILES string of the molecule is Nc1cccc2nc(CC(=O)O)cn12. The van der Waals surface area contributed by atoms with Crippen molar-refractivity contribution in [2.45, 2.75) is 6.42 Å². The number of carboxylic acid groups (broad SMARTS) is 1. The molecular formula is C9H9N3O2. The van der Waals surface area contributed by atoms with Crippen LogP contribution in [0.5, 0.6) is 0 Å². The molecule has 5 heteroatoms. The van der Waals surface area contributed by atoms with Crippen LogP contribution in [0, 0.1) is 0 Å². The molecule has 0 aromatic carbocycles. The summed E-state index contributed by atoms with van der Waals surface area (Å²) in [6.45, 7) is 0. The smallest absolute Gasteiger partial charge is 0.309 e. The number of pyridine rings is 1. The summed E-state index contributed by atoms with van der Waals surface area (Å²) in [6, 6.07) is 5.29. The van der Waals surface area contributed by atoms with Crippen LogP contribution in [0.3, 0.4) is 0 Å². The molecule has 0 aliphatic heterocycles. The third-order valence-electron chi connectivity index (χ3n) is 1.91. The number of hydrogen-bond donors (Lipinski definition) is 2. The predicted molar refractivity (Wildman–Crippen MR) is 50.9 cm³/mol. The van der Waals surface area contributed by atoms with Crippen LogP contribution < -0.4 is 5.73 Å². The number of fused-ring (bicyclic) bond motifs is 1. The Hall–Kier alpha value is -2.04. The minimum atomic E-state index is -0.896. The number of aliphatic carboxylic acids is 1. The summed E-state index contributed by atoms with van der Waals surface area (Å²) >= 11 is 0. The van der Waals surface area contributed by atoms with Crippen molar-refractivity contribution in [2.24, 2.45) is 0 Å². The summed E-state index contributed by atoms with van der Waals surface area (Å²) in [7, 11) is 0. The fourth-order valence-corrected chi connectivity index (χ4v) is 1.32. The maximum absolute atomic E-state index is 10.4. The van der Waals surface area contributed by atoms with Crippen molar-refractivity contribution >= 4 is 17.4 Å². The molecule has 0 saturated carbocycles. The summed E-state index contributed by atoms with van der Waals surface area (Å²) in [5, 5.41) is 8.58. The number of imidazole rings is 1. The van der Waals surface area contributed by atoms with E-state index in [0.717, 1.165) is 0 Å². The average Bonchev–Trinajstić information content (AvgIpc) is 2.47. The van der Waals surface area contributed by atoms with Gasteiger partial charge in [0, 0.05) is 6.20 Å². The van der Waals surface area contributed by atoms with Crippen LogP contribution in [-0.4, -0.2) is 20.5 Å². The zero-order valence-electron chi connectivity index (χ0n) is 7.34. The molecule has 14 heavy (non-hydrogen) atoms. The number of aromatic nitrogens is 2. The minimum Gasteiger partial charge on any atom is -0.481 e. The van der Waals surface area contributed by atoms with Crippen molar-refractivity contribution in [3.8, 4) is 0 Å². The number of rotatable bonds is 2. The van der Waals surface area contributed by atoms with Gasteiger partial charge in [0.2, 0.25) is 0 Å². The van der Waals surface area contributed by atoms with Gasteiger partial charge in [0.05, 0.1) is 12.1 Å². The maximum atomic E-state index is 10.4. The molecule has 0 saturated heterocycles. The molecule has 0 aliphatic rings. The molecule has 2 heterocycles. The van der Waals surface area contributed by atoms with E-state index in [2.05, 4.69) is 4.98 Å². The normalized spacial score (nSPS) is 10.6. The van der Waals surface area contributed by atoms with Crippen LogP contribution in [0.15, 0.2) is 24.4 Å². The highest BCUT2D eigenvalue weighted by Gasteiger charge is 2.06. The number of carboxylic acids is 1. The van der Waals surface area contributed by atoms with Crippen LogP contribution in [-0.2, 0) is 11.2 Å². The van der Waals surface area contributed by atoms with E-state index in [0.29, 0.717) is 17.2 Å². The molecule has 2 aromatic rings. The largest absolute Gasteiger partial charge is 0.481 e. The van der Waals surface area contributed by atoms with Crippen molar-refractivity contribution in [3.63, 3.8) is 0 Å². The van der Waals surface area contributed by atoms with Crippen molar-refractivity contribution in [1.29, 1.82) is 0 Å². The topological polar surface area (TPSA) is 80.6 Å². The summed E-state index contributed by atoms with van der Waals surface area (Å²) in [4.78, 5) is 14.6. The highest BCUT2D eigenvalue weighted by molar-refractivity contribution is 5.70. The van der Waals surface area contributed by atoms with Gasteiger partial charge in [0.15, 0.2) is 0 Å². The fraction of sp³-hybridized carbons (Fsp3) is 0.111. The van der Waals surface area contributed by atoms with Crippen LogP contribution in [0.4, 0.5) is 5.82 Å². The van der Waals surface area contributed by atoms with Crippen molar-refractivity contribution in [3.05, 3.63) is 30.1 Å². The van der Waals surface area contributed by atoms with Crippen LogP contribution >= 0.6 is 0 Å². The molecular weight excluding hydrogens is 182 g/mol. The van der Waals surface area contributed by atoms with Gasteiger partial charge in [-0.2, -0.15) is 0 Å². The Balaban J connectivity index is 2.51. The molecule has 2 rings (SSSR count). The molecule has 3 N–H and O–H groups in total. The molecule has 0 fully saturated rings. The lowest BCUT2D eigenvalue weighted by atomic mass is 10.3. The first-order valence-corrected chi connectivity index (χ1v) is 4.11. The molecule has 0 amide bonds. The van der Waals surface area contributed by atoms with Gasteiger partial charge >= 0.3 is 5.97 Å². The van der Waals surface area contributed by atoms with E-state index in [-0.39, 0.29) is 6.42 Å². The van der Waals surface area contributed by atoms with Crippen molar-refractivity contribution in [2.75, 3.05) is 5.73 Å². The molecule has 0 radical (unpaired) electrons.